The number of hydroxylamine groups is 3. The van der Waals surface area contributed by atoms with Gasteiger partial charge in [-0.15, -0.1) is 0 Å². The SMILES string of the molecule is C[N+]1([O-])C2CCC1CC(OC(=O)c1nn3c4c(cccc14)OCC3)C2. The number of piperidine rings is 1. The Hall–Kier alpha value is -2.12. The molecule has 2 aromatic rings. The number of para-hydroxylation sites is 1. The third-order valence-corrected chi connectivity index (χ3v) is 6.11. The highest BCUT2D eigenvalue weighted by Crippen LogP contribution is 2.41. The minimum Gasteiger partial charge on any atom is -0.633 e. The molecule has 1 aromatic carbocycles. The molecule has 5 rings (SSSR count). The first kappa shape index (κ1) is 15.2. The average Bonchev–Trinajstić information content (AvgIpc) is 2.99. The van der Waals surface area contributed by atoms with Crippen molar-refractivity contribution < 1.29 is 18.9 Å². The maximum Gasteiger partial charge on any atom is 0.359 e. The molecule has 2 bridgehead atoms. The van der Waals surface area contributed by atoms with Crippen LogP contribution in [0, 0.1) is 5.21 Å². The number of ether oxygens (including phenoxy) is 2. The van der Waals surface area contributed by atoms with Crippen molar-refractivity contribution in [3.63, 3.8) is 0 Å². The molecule has 2 fully saturated rings. The van der Waals surface area contributed by atoms with E-state index in [2.05, 4.69) is 5.10 Å². The minimum atomic E-state index is -0.394. The van der Waals surface area contributed by atoms with Gasteiger partial charge in [-0.2, -0.15) is 5.10 Å². The highest BCUT2D eigenvalue weighted by Gasteiger charge is 2.48. The van der Waals surface area contributed by atoms with Crippen LogP contribution in [0.2, 0.25) is 0 Å². The third kappa shape index (κ3) is 2.19. The number of rotatable bonds is 2. The summed E-state index contributed by atoms with van der Waals surface area (Å²) in [5, 5.41) is 17.8. The molecule has 1 aromatic heterocycles. The molecule has 0 radical (unpaired) electrons. The molecule has 4 heterocycles. The van der Waals surface area contributed by atoms with Gasteiger partial charge in [0.05, 0.1) is 25.7 Å². The van der Waals surface area contributed by atoms with Gasteiger partial charge < -0.3 is 19.3 Å². The highest BCUT2D eigenvalue weighted by atomic mass is 16.6. The fourth-order valence-corrected chi connectivity index (χ4v) is 4.73. The van der Waals surface area contributed by atoms with Crippen LogP contribution in [-0.2, 0) is 11.3 Å². The summed E-state index contributed by atoms with van der Waals surface area (Å²) in [4.78, 5) is 12.8. The van der Waals surface area contributed by atoms with Crippen LogP contribution in [0.3, 0.4) is 0 Å². The third-order valence-electron chi connectivity index (χ3n) is 6.11. The first-order valence-corrected chi connectivity index (χ1v) is 8.94. The topological polar surface area (TPSA) is 76.4 Å². The summed E-state index contributed by atoms with van der Waals surface area (Å²) in [6.45, 7) is 1.18. The van der Waals surface area contributed by atoms with Crippen LogP contribution in [-0.4, -0.2) is 52.2 Å². The van der Waals surface area contributed by atoms with E-state index in [1.165, 1.54) is 0 Å². The number of esters is 1. The standard InChI is InChI=1S/C18H21N3O4/c1-21(23)11-5-6-12(21)10-13(9-11)25-18(22)16-14-3-2-4-15-17(14)20(19-16)7-8-24-15/h2-4,11-13H,5-10H2,1H3. The van der Waals surface area contributed by atoms with Gasteiger partial charge in [0.1, 0.15) is 24.0 Å². The van der Waals surface area contributed by atoms with Crippen molar-refractivity contribution in [2.24, 2.45) is 0 Å². The van der Waals surface area contributed by atoms with E-state index in [1.807, 2.05) is 22.9 Å². The van der Waals surface area contributed by atoms with Crippen molar-refractivity contribution in [1.82, 2.24) is 9.78 Å². The van der Waals surface area contributed by atoms with E-state index in [-0.39, 0.29) is 22.8 Å². The number of carbonyl (C=O) groups is 1. The average molecular weight is 343 g/mol. The van der Waals surface area contributed by atoms with E-state index in [1.54, 1.807) is 7.05 Å². The Kier molecular flexibility index (Phi) is 3.15. The van der Waals surface area contributed by atoms with Crippen LogP contribution in [0.5, 0.6) is 5.75 Å². The van der Waals surface area contributed by atoms with Crippen LogP contribution in [0.15, 0.2) is 18.2 Å². The first-order chi connectivity index (χ1) is 12.0. The molecule has 0 spiro atoms. The maximum absolute atomic E-state index is 12.8. The van der Waals surface area contributed by atoms with Crippen molar-refractivity contribution in [2.45, 2.75) is 50.4 Å². The molecule has 7 nitrogen and oxygen atoms in total. The molecule has 132 valence electrons. The number of benzene rings is 1. The number of hydrogen-bond donors (Lipinski definition) is 0. The van der Waals surface area contributed by atoms with Gasteiger partial charge in [0.2, 0.25) is 0 Å². The van der Waals surface area contributed by atoms with Crippen LogP contribution >= 0.6 is 0 Å². The van der Waals surface area contributed by atoms with Gasteiger partial charge in [0.15, 0.2) is 5.69 Å². The summed E-state index contributed by atoms with van der Waals surface area (Å²) < 4.78 is 13.1. The zero-order chi connectivity index (χ0) is 17.2. The van der Waals surface area contributed by atoms with Gasteiger partial charge in [0, 0.05) is 31.1 Å². The number of carbonyl (C=O) groups excluding carboxylic acids is 1. The normalized spacial score (nSPS) is 33.3. The molecule has 2 atom stereocenters. The lowest BCUT2D eigenvalue weighted by molar-refractivity contribution is -0.903. The molecule has 0 aliphatic carbocycles. The van der Waals surface area contributed by atoms with Crippen molar-refractivity contribution in [3.8, 4) is 5.75 Å². The second-order valence-electron chi connectivity index (χ2n) is 7.52. The Balaban J connectivity index is 1.41. The second-order valence-corrected chi connectivity index (χ2v) is 7.52. The molecule has 0 amide bonds. The van der Waals surface area contributed by atoms with E-state index in [0.717, 1.165) is 29.5 Å². The van der Waals surface area contributed by atoms with Gasteiger partial charge in [-0.25, -0.2) is 4.79 Å². The Morgan fingerprint density at radius 1 is 1.36 bits per heavy atom. The number of hydrogen-bond acceptors (Lipinski definition) is 5. The van der Waals surface area contributed by atoms with E-state index in [0.29, 0.717) is 31.7 Å². The first-order valence-electron chi connectivity index (χ1n) is 8.94. The maximum atomic E-state index is 12.8. The van der Waals surface area contributed by atoms with Crippen molar-refractivity contribution in [3.05, 3.63) is 29.1 Å². The van der Waals surface area contributed by atoms with E-state index in [4.69, 9.17) is 9.47 Å². The zero-order valence-corrected chi connectivity index (χ0v) is 14.2. The van der Waals surface area contributed by atoms with Crippen LogP contribution in [0.1, 0.15) is 36.2 Å². The van der Waals surface area contributed by atoms with Crippen molar-refractivity contribution in [2.75, 3.05) is 13.7 Å². The lowest BCUT2D eigenvalue weighted by Crippen LogP contribution is -2.54. The molecule has 2 unspecified atom stereocenters. The second kappa shape index (κ2) is 5.19. The summed E-state index contributed by atoms with van der Waals surface area (Å²) >= 11 is 0. The predicted octanol–water partition coefficient (Wildman–Crippen LogP) is 2.22. The van der Waals surface area contributed by atoms with Crippen molar-refractivity contribution in [1.29, 1.82) is 0 Å². The van der Waals surface area contributed by atoms with E-state index >= 15 is 0 Å². The Bertz CT molecular complexity index is 843. The largest absolute Gasteiger partial charge is 0.633 e. The molecule has 3 aliphatic rings. The smallest absolute Gasteiger partial charge is 0.359 e. The molecule has 3 aliphatic heterocycles. The monoisotopic (exact) mass is 343 g/mol. The minimum absolute atomic E-state index is 0.0490. The molecule has 2 saturated heterocycles. The van der Waals surface area contributed by atoms with Gasteiger partial charge >= 0.3 is 5.97 Å². The molecular formula is C18H21N3O4. The number of aromatic nitrogens is 2. The molecule has 0 N–H and O–H groups in total. The van der Waals surface area contributed by atoms with Gasteiger partial charge in [0.25, 0.3) is 0 Å². The van der Waals surface area contributed by atoms with Crippen molar-refractivity contribution >= 4 is 16.9 Å². The molecular weight excluding hydrogens is 322 g/mol. The van der Waals surface area contributed by atoms with Crippen LogP contribution < -0.4 is 4.74 Å². The summed E-state index contributed by atoms with van der Waals surface area (Å²) in [7, 11) is 1.76. The van der Waals surface area contributed by atoms with Gasteiger partial charge in [-0.3, -0.25) is 4.68 Å². The molecule has 0 saturated carbocycles. The van der Waals surface area contributed by atoms with Gasteiger partial charge in [-0.05, 0) is 6.07 Å². The fraction of sp³-hybridized carbons (Fsp3) is 0.556. The van der Waals surface area contributed by atoms with Gasteiger partial charge in [-0.1, -0.05) is 12.1 Å². The van der Waals surface area contributed by atoms with E-state index < -0.39 is 5.97 Å². The summed E-state index contributed by atoms with van der Waals surface area (Å²) in [5.41, 5.74) is 1.20. The molecule has 7 heteroatoms. The predicted molar refractivity (Wildman–Crippen MR) is 90.0 cm³/mol. The molecule has 25 heavy (non-hydrogen) atoms. The number of quaternary nitrogens is 1. The Morgan fingerprint density at radius 2 is 2.12 bits per heavy atom. The number of nitrogens with zero attached hydrogens (tertiary/aromatic N) is 3. The Morgan fingerprint density at radius 3 is 2.88 bits per heavy atom. The summed E-state index contributed by atoms with van der Waals surface area (Å²) in [6, 6.07) is 5.73. The Labute approximate surface area is 145 Å². The summed E-state index contributed by atoms with van der Waals surface area (Å²) in [6.07, 6.45) is 2.97. The lowest BCUT2D eigenvalue weighted by Gasteiger charge is -2.50. The van der Waals surface area contributed by atoms with E-state index in [9.17, 15) is 10.0 Å². The summed E-state index contributed by atoms with van der Waals surface area (Å²) in [5.74, 6) is 0.361. The number of fused-ring (bicyclic) bond motifs is 2. The quantitative estimate of drug-likeness (QED) is 0.475. The highest BCUT2D eigenvalue weighted by molar-refractivity contribution is 6.04. The zero-order valence-electron chi connectivity index (χ0n) is 14.2. The lowest BCUT2D eigenvalue weighted by atomic mass is 10.00. The van der Waals surface area contributed by atoms with Crippen LogP contribution in [0.25, 0.3) is 10.9 Å². The van der Waals surface area contributed by atoms with Crippen LogP contribution in [0.4, 0.5) is 0 Å². The fourth-order valence-electron chi connectivity index (χ4n) is 4.73.